The van der Waals surface area contributed by atoms with E-state index >= 15 is 0 Å². The first-order chi connectivity index (χ1) is 9.16. The van der Waals surface area contributed by atoms with Crippen LogP contribution in [0.1, 0.15) is 48.0 Å². The second kappa shape index (κ2) is 6.71. The van der Waals surface area contributed by atoms with Gasteiger partial charge in [0, 0.05) is 12.1 Å². The number of benzene rings is 1. The quantitative estimate of drug-likeness (QED) is 0.875. The summed E-state index contributed by atoms with van der Waals surface area (Å²) >= 11 is 0. The lowest BCUT2D eigenvalue weighted by molar-refractivity contribution is 0.0738. The molecule has 1 aliphatic carbocycles. The van der Waals surface area contributed by atoms with Crippen molar-refractivity contribution in [3.8, 4) is 0 Å². The van der Waals surface area contributed by atoms with E-state index in [2.05, 4.69) is 5.32 Å². The number of hydrogen-bond donors (Lipinski definition) is 2. The summed E-state index contributed by atoms with van der Waals surface area (Å²) in [6, 6.07) is 7.48. The Hall–Kier alpha value is -1.35. The highest BCUT2D eigenvalue weighted by molar-refractivity contribution is 5.94. The number of carbonyl (C=O) groups is 1. The fraction of sp³-hybridized carbons (Fsp3) is 0.562. The normalized spacial score (nSPS) is 18.0. The third-order valence-electron chi connectivity index (χ3n) is 3.98. The molecular weight excluding hydrogens is 238 g/mol. The van der Waals surface area contributed by atoms with Crippen molar-refractivity contribution in [2.75, 3.05) is 6.54 Å². The van der Waals surface area contributed by atoms with Crippen molar-refractivity contribution in [3.63, 3.8) is 0 Å². The number of carbonyl (C=O) groups excluding carboxylic acids is 1. The van der Waals surface area contributed by atoms with Crippen molar-refractivity contribution in [3.05, 3.63) is 35.4 Å². The molecule has 1 unspecified atom stereocenters. The van der Waals surface area contributed by atoms with Crippen molar-refractivity contribution >= 4 is 5.91 Å². The molecule has 0 heterocycles. The maximum absolute atomic E-state index is 11.9. The van der Waals surface area contributed by atoms with Crippen LogP contribution in [0.5, 0.6) is 0 Å². The van der Waals surface area contributed by atoms with Crippen LogP contribution in [0.25, 0.3) is 0 Å². The zero-order valence-electron chi connectivity index (χ0n) is 11.6. The molecule has 0 saturated heterocycles. The molecule has 104 valence electrons. The SMILES string of the molecule is Cc1ccc(C(=O)NCC(O)C2CCCCC2)cc1. The number of aliphatic hydroxyl groups is 1. The van der Waals surface area contributed by atoms with Crippen molar-refractivity contribution in [2.45, 2.75) is 45.1 Å². The predicted octanol–water partition coefficient (Wildman–Crippen LogP) is 2.67. The molecule has 1 aromatic rings. The number of aliphatic hydroxyl groups excluding tert-OH is 1. The summed E-state index contributed by atoms with van der Waals surface area (Å²) in [7, 11) is 0. The van der Waals surface area contributed by atoms with Crippen LogP contribution in [0.2, 0.25) is 0 Å². The van der Waals surface area contributed by atoms with Gasteiger partial charge >= 0.3 is 0 Å². The van der Waals surface area contributed by atoms with Gasteiger partial charge in [0.2, 0.25) is 0 Å². The van der Waals surface area contributed by atoms with Crippen LogP contribution in [0, 0.1) is 12.8 Å². The first-order valence-electron chi connectivity index (χ1n) is 7.20. The Morgan fingerprint density at radius 2 is 1.89 bits per heavy atom. The van der Waals surface area contributed by atoms with Crippen molar-refractivity contribution in [2.24, 2.45) is 5.92 Å². The van der Waals surface area contributed by atoms with E-state index in [1.54, 1.807) is 0 Å². The second-order valence-corrected chi connectivity index (χ2v) is 5.54. The minimum atomic E-state index is -0.408. The second-order valence-electron chi connectivity index (χ2n) is 5.54. The highest BCUT2D eigenvalue weighted by atomic mass is 16.3. The van der Waals surface area contributed by atoms with Crippen LogP contribution in [0.15, 0.2) is 24.3 Å². The first kappa shape index (κ1) is 14.1. The van der Waals surface area contributed by atoms with E-state index in [0.29, 0.717) is 18.0 Å². The largest absolute Gasteiger partial charge is 0.391 e. The maximum Gasteiger partial charge on any atom is 0.251 e. The van der Waals surface area contributed by atoms with Gasteiger partial charge < -0.3 is 10.4 Å². The summed E-state index contributed by atoms with van der Waals surface area (Å²) < 4.78 is 0. The van der Waals surface area contributed by atoms with Gasteiger partial charge in [0.25, 0.3) is 5.91 Å². The van der Waals surface area contributed by atoms with Crippen molar-refractivity contribution in [1.29, 1.82) is 0 Å². The Kier molecular flexibility index (Phi) is 4.97. The summed E-state index contributed by atoms with van der Waals surface area (Å²) in [5.41, 5.74) is 1.79. The third-order valence-corrected chi connectivity index (χ3v) is 3.98. The van der Waals surface area contributed by atoms with E-state index in [1.807, 2.05) is 31.2 Å². The van der Waals surface area contributed by atoms with Crippen LogP contribution in [-0.2, 0) is 0 Å². The molecule has 2 rings (SSSR count). The van der Waals surface area contributed by atoms with Gasteiger partial charge in [-0.05, 0) is 37.8 Å². The summed E-state index contributed by atoms with van der Waals surface area (Å²) in [5.74, 6) is 0.252. The Bertz CT molecular complexity index is 407. The molecule has 0 bridgehead atoms. The van der Waals surface area contributed by atoms with Gasteiger partial charge in [-0.1, -0.05) is 37.0 Å². The lowest BCUT2D eigenvalue weighted by Crippen LogP contribution is -2.37. The smallest absolute Gasteiger partial charge is 0.251 e. The highest BCUT2D eigenvalue weighted by Gasteiger charge is 2.22. The summed E-state index contributed by atoms with van der Waals surface area (Å²) in [4.78, 5) is 11.9. The lowest BCUT2D eigenvalue weighted by atomic mass is 9.85. The lowest BCUT2D eigenvalue weighted by Gasteiger charge is -2.26. The molecule has 1 amide bonds. The molecule has 19 heavy (non-hydrogen) atoms. The fourth-order valence-electron chi connectivity index (χ4n) is 2.69. The third kappa shape index (κ3) is 4.06. The van der Waals surface area contributed by atoms with Crippen molar-refractivity contribution in [1.82, 2.24) is 5.32 Å². The van der Waals surface area contributed by atoms with Gasteiger partial charge in [-0.15, -0.1) is 0 Å². The molecule has 0 aliphatic heterocycles. The zero-order valence-corrected chi connectivity index (χ0v) is 11.6. The molecule has 1 atom stereocenters. The van der Waals surface area contributed by atoms with E-state index in [-0.39, 0.29) is 5.91 Å². The molecule has 1 aliphatic rings. The van der Waals surface area contributed by atoms with Gasteiger partial charge in [-0.3, -0.25) is 4.79 Å². The number of amides is 1. The fourth-order valence-corrected chi connectivity index (χ4v) is 2.69. The minimum Gasteiger partial charge on any atom is -0.391 e. The monoisotopic (exact) mass is 261 g/mol. The molecule has 0 radical (unpaired) electrons. The highest BCUT2D eigenvalue weighted by Crippen LogP contribution is 2.26. The first-order valence-corrected chi connectivity index (χ1v) is 7.20. The molecule has 1 saturated carbocycles. The van der Waals surface area contributed by atoms with E-state index < -0.39 is 6.10 Å². The Morgan fingerprint density at radius 1 is 1.26 bits per heavy atom. The van der Waals surface area contributed by atoms with Crippen LogP contribution < -0.4 is 5.32 Å². The van der Waals surface area contributed by atoms with E-state index in [4.69, 9.17) is 0 Å². The topological polar surface area (TPSA) is 49.3 Å². The van der Waals surface area contributed by atoms with Crippen LogP contribution in [0.4, 0.5) is 0 Å². The Morgan fingerprint density at radius 3 is 2.53 bits per heavy atom. The Balaban J connectivity index is 1.81. The average molecular weight is 261 g/mol. The molecule has 2 N–H and O–H groups in total. The summed E-state index contributed by atoms with van der Waals surface area (Å²) in [6.45, 7) is 2.35. The van der Waals surface area contributed by atoms with Crippen LogP contribution in [0.3, 0.4) is 0 Å². The van der Waals surface area contributed by atoms with Gasteiger partial charge in [-0.2, -0.15) is 0 Å². The van der Waals surface area contributed by atoms with Gasteiger partial charge in [0.1, 0.15) is 0 Å². The van der Waals surface area contributed by atoms with Gasteiger partial charge in [-0.25, -0.2) is 0 Å². The van der Waals surface area contributed by atoms with E-state index in [1.165, 1.54) is 19.3 Å². The molecule has 1 fully saturated rings. The van der Waals surface area contributed by atoms with Gasteiger partial charge in [0.05, 0.1) is 6.10 Å². The molecule has 3 heteroatoms. The molecule has 0 spiro atoms. The van der Waals surface area contributed by atoms with Crippen molar-refractivity contribution < 1.29 is 9.90 Å². The van der Waals surface area contributed by atoms with E-state index in [9.17, 15) is 9.90 Å². The average Bonchev–Trinajstić information content (AvgIpc) is 2.46. The number of aryl methyl sites for hydroxylation is 1. The van der Waals surface area contributed by atoms with E-state index in [0.717, 1.165) is 18.4 Å². The maximum atomic E-state index is 11.9. The molecular formula is C16H23NO2. The molecule has 1 aromatic carbocycles. The standard InChI is InChI=1S/C16H23NO2/c1-12-7-9-14(10-8-12)16(19)17-11-15(18)13-5-3-2-4-6-13/h7-10,13,15,18H,2-6,11H2,1H3,(H,17,19). The minimum absolute atomic E-state index is 0.102. The molecule has 0 aromatic heterocycles. The van der Waals surface area contributed by atoms with Gasteiger partial charge in [0.15, 0.2) is 0 Å². The van der Waals surface area contributed by atoms with Crippen LogP contribution >= 0.6 is 0 Å². The van der Waals surface area contributed by atoms with Crippen LogP contribution in [-0.4, -0.2) is 23.7 Å². The number of rotatable bonds is 4. The zero-order chi connectivity index (χ0) is 13.7. The summed E-state index contributed by atoms with van der Waals surface area (Å²) in [5, 5.41) is 12.9. The number of hydrogen-bond acceptors (Lipinski definition) is 2. The number of nitrogens with one attached hydrogen (secondary N) is 1. The predicted molar refractivity (Wildman–Crippen MR) is 76.1 cm³/mol. The molecule has 3 nitrogen and oxygen atoms in total. The summed E-state index contributed by atoms with van der Waals surface area (Å²) in [6.07, 6.45) is 5.44. The Labute approximate surface area is 115 Å².